The molecule has 0 aliphatic rings. The van der Waals surface area contributed by atoms with E-state index in [0.717, 1.165) is 26.1 Å². The van der Waals surface area contributed by atoms with Gasteiger partial charge in [0.05, 0.1) is 23.4 Å². The Morgan fingerprint density at radius 3 is 2.69 bits per heavy atom. The summed E-state index contributed by atoms with van der Waals surface area (Å²) in [6, 6.07) is 7.35. The molecule has 2 rings (SSSR count). The Morgan fingerprint density at radius 2 is 2.00 bits per heavy atom. The molecule has 0 unspecified atom stereocenters. The van der Waals surface area contributed by atoms with Crippen LogP contribution in [0.3, 0.4) is 0 Å². The van der Waals surface area contributed by atoms with Crippen molar-refractivity contribution in [2.24, 2.45) is 0 Å². The molecule has 1 heterocycles. The minimum atomic E-state index is -0.693. The molecule has 0 radical (unpaired) electrons. The van der Waals surface area contributed by atoms with Crippen LogP contribution in [0.5, 0.6) is 0 Å². The van der Waals surface area contributed by atoms with Crippen molar-refractivity contribution in [1.29, 1.82) is 0 Å². The molecule has 0 fully saturated rings. The number of anilines is 1. The van der Waals surface area contributed by atoms with Gasteiger partial charge < -0.3 is 20.3 Å². The van der Waals surface area contributed by atoms with Gasteiger partial charge in [0.15, 0.2) is 0 Å². The molecule has 0 saturated carbocycles. The van der Waals surface area contributed by atoms with Crippen molar-refractivity contribution in [2.75, 3.05) is 45.2 Å². The van der Waals surface area contributed by atoms with Gasteiger partial charge in [0.1, 0.15) is 5.82 Å². The molecule has 0 aliphatic heterocycles. The van der Waals surface area contributed by atoms with Crippen molar-refractivity contribution in [3.05, 3.63) is 59.7 Å². The van der Waals surface area contributed by atoms with Gasteiger partial charge in [0, 0.05) is 32.6 Å². The summed E-state index contributed by atoms with van der Waals surface area (Å²) in [4.78, 5) is 31.0. The van der Waals surface area contributed by atoms with Gasteiger partial charge in [-0.3, -0.25) is 14.6 Å². The fourth-order valence-corrected chi connectivity index (χ4v) is 2.79. The third kappa shape index (κ3) is 6.92. The van der Waals surface area contributed by atoms with Crippen molar-refractivity contribution in [2.45, 2.75) is 13.3 Å². The van der Waals surface area contributed by atoms with Crippen LogP contribution in [0.15, 0.2) is 42.7 Å². The standard InChI is InChI=1S/C21H27FN4O3/c1-3-26(13-14-29-2)12-6-11-24-21(28)19-17(22)8-4-9-18(19)25-20(27)16-7-5-10-23-15-16/h4-5,7-10,15H,3,6,11-14H2,1-2H3,(H,24,28)(H,25,27). The number of methoxy groups -OCH3 is 1. The van der Waals surface area contributed by atoms with Crippen molar-refractivity contribution < 1.29 is 18.7 Å². The molecule has 2 aromatic rings. The highest BCUT2D eigenvalue weighted by Crippen LogP contribution is 2.20. The summed E-state index contributed by atoms with van der Waals surface area (Å²) in [5.74, 6) is -1.72. The van der Waals surface area contributed by atoms with E-state index >= 15 is 0 Å². The first kappa shape index (κ1) is 22.4. The van der Waals surface area contributed by atoms with E-state index in [2.05, 4.69) is 27.4 Å². The van der Waals surface area contributed by atoms with Crippen molar-refractivity contribution in [3.8, 4) is 0 Å². The second kappa shape index (κ2) is 11.9. The van der Waals surface area contributed by atoms with Crippen LogP contribution in [-0.4, -0.2) is 61.6 Å². The zero-order chi connectivity index (χ0) is 21.1. The average molecular weight is 402 g/mol. The number of pyridine rings is 1. The first-order chi connectivity index (χ1) is 14.1. The third-order valence-electron chi connectivity index (χ3n) is 4.41. The van der Waals surface area contributed by atoms with Crippen LogP contribution >= 0.6 is 0 Å². The molecule has 156 valence electrons. The third-order valence-corrected chi connectivity index (χ3v) is 4.41. The van der Waals surface area contributed by atoms with Crippen molar-refractivity contribution >= 4 is 17.5 Å². The van der Waals surface area contributed by atoms with Crippen LogP contribution in [0.4, 0.5) is 10.1 Å². The summed E-state index contributed by atoms with van der Waals surface area (Å²) in [5.41, 5.74) is 0.252. The Hall–Kier alpha value is -2.84. The van der Waals surface area contributed by atoms with Gasteiger partial charge in [-0.05, 0) is 43.8 Å². The number of carbonyl (C=O) groups excluding carboxylic acids is 2. The number of halogens is 1. The molecule has 7 nitrogen and oxygen atoms in total. The Bertz CT molecular complexity index is 802. The molecule has 1 aromatic carbocycles. The fraction of sp³-hybridized carbons (Fsp3) is 0.381. The minimum absolute atomic E-state index is 0.117. The Balaban J connectivity index is 1.97. The van der Waals surface area contributed by atoms with Crippen LogP contribution in [0.1, 0.15) is 34.1 Å². The summed E-state index contributed by atoms with van der Waals surface area (Å²) in [5, 5.41) is 5.32. The van der Waals surface area contributed by atoms with E-state index < -0.39 is 17.6 Å². The number of benzene rings is 1. The summed E-state index contributed by atoms with van der Waals surface area (Å²) in [6.45, 7) is 5.60. The lowest BCUT2D eigenvalue weighted by Crippen LogP contribution is -2.32. The summed E-state index contributed by atoms with van der Waals surface area (Å²) >= 11 is 0. The highest BCUT2D eigenvalue weighted by Gasteiger charge is 2.18. The molecule has 2 amide bonds. The van der Waals surface area contributed by atoms with Crippen molar-refractivity contribution in [3.63, 3.8) is 0 Å². The first-order valence-corrected chi connectivity index (χ1v) is 9.56. The van der Waals surface area contributed by atoms with Crippen LogP contribution in [0, 0.1) is 5.82 Å². The lowest BCUT2D eigenvalue weighted by Gasteiger charge is -2.19. The van der Waals surface area contributed by atoms with E-state index in [-0.39, 0.29) is 11.3 Å². The highest BCUT2D eigenvalue weighted by molar-refractivity contribution is 6.08. The number of likely N-dealkylation sites (N-methyl/N-ethyl adjacent to an activating group) is 1. The van der Waals surface area contributed by atoms with Crippen LogP contribution in [0.2, 0.25) is 0 Å². The number of hydrogen-bond donors (Lipinski definition) is 2. The predicted octanol–water partition coefficient (Wildman–Crippen LogP) is 2.56. The molecule has 0 bridgehead atoms. The van der Waals surface area contributed by atoms with Gasteiger partial charge in [-0.2, -0.15) is 0 Å². The molecule has 0 spiro atoms. The van der Waals surface area contributed by atoms with Crippen molar-refractivity contribution in [1.82, 2.24) is 15.2 Å². The number of rotatable bonds is 11. The highest BCUT2D eigenvalue weighted by atomic mass is 19.1. The van der Waals surface area contributed by atoms with E-state index in [4.69, 9.17) is 4.74 Å². The number of carbonyl (C=O) groups is 2. The maximum atomic E-state index is 14.3. The second-order valence-corrected chi connectivity index (χ2v) is 6.39. The molecule has 1 aromatic heterocycles. The van der Waals surface area contributed by atoms with Gasteiger partial charge in [-0.1, -0.05) is 13.0 Å². The Labute approximate surface area is 170 Å². The molecular formula is C21H27FN4O3. The van der Waals surface area contributed by atoms with Crippen LogP contribution in [0.25, 0.3) is 0 Å². The van der Waals surface area contributed by atoms with Gasteiger partial charge in [0.25, 0.3) is 11.8 Å². The molecule has 2 N–H and O–H groups in total. The number of hydrogen-bond acceptors (Lipinski definition) is 5. The molecule has 29 heavy (non-hydrogen) atoms. The number of nitrogens with zero attached hydrogens (tertiary/aromatic N) is 2. The molecule has 8 heteroatoms. The SMILES string of the molecule is CCN(CCCNC(=O)c1c(F)cccc1NC(=O)c1cccnc1)CCOC. The monoisotopic (exact) mass is 402 g/mol. The molecule has 0 atom stereocenters. The maximum Gasteiger partial charge on any atom is 0.257 e. The zero-order valence-corrected chi connectivity index (χ0v) is 16.8. The number of ether oxygens (including phenoxy) is 1. The Morgan fingerprint density at radius 1 is 1.17 bits per heavy atom. The normalized spacial score (nSPS) is 10.8. The zero-order valence-electron chi connectivity index (χ0n) is 16.8. The number of amides is 2. The molecule has 0 saturated heterocycles. The van der Waals surface area contributed by atoms with E-state index in [0.29, 0.717) is 18.7 Å². The van der Waals surface area contributed by atoms with E-state index in [1.807, 2.05) is 0 Å². The summed E-state index contributed by atoms with van der Waals surface area (Å²) in [6.07, 6.45) is 3.67. The van der Waals surface area contributed by atoms with Gasteiger partial charge >= 0.3 is 0 Å². The van der Waals surface area contributed by atoms with E-state index in [1.165, 1.54) is 24.4 Å². The van der Waals surface area contributed by atoms with Gasteiger partial charge in [-0.15, -0.1) is 0 Å². The second-order valence-electron chi connectivity index (χ2n) is 6.39. The largest absolute Gasteiger partial charge is 0.383 e. The maximum absolute atomic E-state index is 14.3. The lowest BCUT2D eigenvalue weighted by molar-refractivity contribution is 0.0947. The fourth-order valence-electron chi connectivity index (χ4n) is 2.79. The van der Waals surface area contributed by atoms with E-state index in [1.54, 1.807) is 25.4 Å². The first-order valence-electron chi connectivity index (χ1n) is 9.56. The molecule has 0 aliphatic carbocycles. The predicted molar refractivity (Wildman–Crippen MR) is 110 cm³/mol. The van der Waals surface area contributed by atoms with E-state index in [9.17, 15) is 14.0 Å². The lowest BCUT2D eigenvalue weighted by atomic mass is 10.1. The average Bonchev–Trinajstić information content (AvgIpc) is 2.73. The summed E-state index contributed by atoms with van der Waals surface area (Å²) in [7, 11) is 1.66. The Kier molecular flexibility index (Phi) is 9.20. The van der Waals surface area contributed by atoms with Gasteiger partial charge in [0.2, 0.25) is 0 Å². The topological polar surface area (TPSA) is 83.6 Å². The van der Waals surface area contributed by atoms with Crippen LogP contribution < -0.4 is 10.6 Å². The quantitative estimate of drug-likeness (QED) is 0.565. The molecular weight excluding hydrogens is 375 g/mol. The minimum Gasteiger partial charge on any atom is -0.383 e. The number of nitrogens with one attached hydrogen (secondary N) is 2. The van der Waals surface area contributed by atoms with Crippen LogP contribution in [-0.2, 0) is 4.74 Å². The van der Waals surface area contributed by atoms with Gasteiger partial charge in [-0.25, -0.2) is 4.39 Å². The summed E-state index contributed by atoms with van der Waals surface area (Å²) < 4.78 is 19.4. The number of aromatic nitrogens is 1. The smallest absolute Gasteiger partial charge is 0.257 e.